The molecule has 11 heavy (non-hydrogen) atoms. The lowest BCUT2D eigenvalue weighted by Crippen LogP contribution is -1.99. The molecule has 0 spiro atoms. The van der Waals surface area contributed by atoms with Gasteiger partial charge in [0, 0.05) is 7.11 Å². The summed E-state index contributed by atoms with van der Waals surface area (Å²) in [5.41, 5.74) is 0. The van der Waals surface area contributed by atoms with Crippen molar-refractivity contribution in [1.29, 1.82) is 0 Å². The van der Waals surface area contributed by atoms with E-state index in [-0.39, 0.29) is 17.2 Å². The highest BCUT2D eigenvalue weighted by Crippen LogP contribution is 2.06. The molecule has 6 heteroatoms. The van der Waals surface area contributed by atoms with E-state index in [0.717, 1.165) is 0 Å². The molecule has 0 aliphatic rings. The molecule has 0 saturated heterocycles. The van der Waals surface area contributed by atoms with Gasteiger partial charge in [-0.2, -0.15) is 4.98 Å². The fraction of sp³-hybridized carbons (Fsp3) is 0.400. The lowest BCUT2D eigenvalue weighted by molar-refractivity contribution is 0.177. The van der Waals surface area contributed by atoms with Crippen LogP contribution >= 0.6 is 23.2 Å². The average molecular weight is 194 g/mol. The monoisotopic (exact) mass is 193 g/mol. The Hall–Kier alpha value is -0.450. The van der Waals surface area contributed by atoms with Crippen molar-refractivity contribution >= 4 is 23.2 Å². The summed E-state index contributed by atoms with van der Waals surface area (Å²) in [6.45, 7) is 0.280. The predicted octanol–water partition coefficient (Wildman–Crippen LogP) is 1.32. The summed E-state index contributed by atoms with van der Waals surface area (Å²) in [7, 11) is 1.53. The Morgan fingerprint density at radius 3 is 2.18 bits per heavy atom. The van der Waals surface area contributed by atoms with Gasteiger partial charge in [0.2, 0.25) is 10.6 Å². The summed E-state index contributed by atoms with van der Waals surface area (Å²) in [6.07, 6.45) is 0. The van der Waals surface area contributed by atoms with Crippen LogP contribution in [-0.2, 0) is 11.3 Å². The van der Waals surface area contributed by atoms with Gasteiger partial charge in [-0.1, -0.05) is 0 Å². The van der Waals surface area contributed by atoms with Gasteiger partial charge < -0.3 is 4.74 Å². The number of aromatic nitrogens is 3. The van der Waals surface area contributed by atoms with Gasteiger partial charge in [-0.15, -0.1) is 0 Å². The van der Waals surface area contributed by atoms with E-state index in [2.05, 4.69) is 15.0 Å². The molecular weight excluding hydrogens is 189 g/mol. The lowest BCUT2D eigenvalue weighted by atomic mass is 10.6. The van der Waals surface area contributed by atoms with Gasteiger partial charge in [-0.25, -0.2) is 9.97 Å². The molecule has 60 valence electrons. The summed E-state index contributed by atoms with van der Waals surface area (Å²) < 4.78 is 4.77. The van der Waals surface area contributed by atoms with E-state index in [1.54, 1.807) is 0 Å². The van der Waals surface area contributed by atoms with Crippen LogP contribution in [-0.4, -0.2) is 22.1 Å². The predicted molar refractivity (Wildman–Crippen MR) is 40.6 cm³/mol. The number of nitrogens with zero attached hydrogens (tertiary/aromatic N) is 3. The Morgan fingerprint density at radius 1 is 1.18 bits per heavy atom. The standard InChI is InChI=1S/C5H5Cl2N3O/c1-11-2-3-8-4(6)10-5(7)9-3/h2H2,1H3. The van der Waals surface area contributed by atoms with Crippen molar-refractivity contribution in [1.82, 2.24) is 15.0 Å². The molecule has 0 aliphatic heterocycles. The maximum absolute atomic E-state index is 5.48. The molecule has 0 fully saturated rings. The van der Waals surface area contributed by atoms with Crippen molar-refractivity contribution in [3.63, 3.8) is 0 Å². The zero-order chi connectivity index (χ0) is 8.27. The minimum Gasteiger partial charge on any atom is -0.377 e. The van der Waals surface area contributed by atoms with E-state index in [9.17, 15) is 0 Å². The van der Waals surface area contributed by atoms with Gasteiger partial charge in [0.1, 0.15) is 6.61 Å². The van der Waals surface area contributed by atoms with Crippen LogP contribution in [0.3, 0.4) is 0 Å². The van der Waals surface area contributed by atoms with Crippen molar-refractivity contribution in [2.45, 2.75) is 6.61 Å². The van der Waals surface area contributed by atoms with Crippen molar-refractivity contribution < 1.29 is 4.74 Å². The summed E-state index contributed by atoms with van der Waals surface area (Å²) >= 11 is 11.0. The van der Waals surface area contributed by atoms with Crippen LogP contribution in [0, 0.1) is 0 Å². The molecule has 4 nitrogen and oxygen atoms in total. The van der Waals surface area contributed by atoms with Crippen LogP contribution in [0.4, 0.5) is 0 Å². The molecule has 1 aromatic rings. The van der Waals surface area contributed by atoms with Gasteiger partial charge >= 0.3 is 0 Å². The van der Waals surface area contributed by atoms with E-state index in [1.807, 2.05) is 0 Å². The Labute approximate surface area is 73.5 Å². The summed E-state index contributed by atoms with van der Waals surface area (Å²) in [4.78, 5) is 11.1. The molecule has 0 aromatic carbocycles. The molecule has 0 N–H and O–H groups in total. The Kier molecular flexibility index (Phi) is 2.99. The fourth-order valence-corrected chi connectivity index (χ4v) is 0.956. The van der Waals surface area contributed by atoms with Crippen LogP contribution in [0.15, 0.2) is 0 Å². The van der Waals surface area contributed by atoms with Gasteiger partial charge in [0.05, 0.1) is 0 Å². The molecule has 0 amide bonds. The highest BCUT2D eigenvalue weighted by molar-refractivity contribution is 6.30. The van der Waals surface area contributed by atoms with Crippen molar-refractivity contribution in [2.24, 2.45) is 0 Å². The summed E-state index contributed by atoms with van der Waals surface area (Å²) in [5.74, 6) is 0.428. The number of methoxy groups -OCH3 is 1. The molecular formula is C5H5Cl2N3O. The first kappa shape index (κ1) is 8.64. The minimum atomic E-state index is 0.0806. The molecule has 1 heterocycles. The average Bonchev–Trinajstić information content (AvgIpc) is 1.85. The quantitative estimate of drug-likeness (QED) is 0.712. The first-order valence-corrected chi connectivity index (χ1v) is 3.53. The Morgan fingerprint density at radius 2 is 1.73 bits per heavy atom. The fourth-order valence-electron chi connectivity index (χ4n) is 0.558. The molecule has 0 saturated carbocycles. The second-order valence-corrected chi connectivity index (χ2v) is 2.40. The minimum absolute atomic E-state index is 0.0806. The number of halogens is 2. The highest BCUT2D eigenvalue weighted by atomic mass is 35.5. The second-order valence-electron chi connectivity index (χ2n) is 1.72. The zero-order valence-electron chi connectivity index (χ0n) is 5.71. The van der Waals surface area contributed by atoms with E-state index < -0.39 is 0 Å². The summed E-state index contributed by atoms with van der Waals surface area (Å²) in [6, 6.07) is 0. The number of hydrogen-bond acceptors (Lipinski definition) is 4. The number of rotatable bonds is 2. The van der Waals surface area contributed by atoms with E-state index >= 15 is 0 Å². The van der Waals surface area contributed by atoms with E-state index in [0.29, 0.717) is 5.82 Å². The smallest absolute Gasteiger partial charge is 0.227 e. The third-order valence-electron chi connectivity index (χ3n) is 0.901. The van der Waals surface area contributed by atoms with Crippen LogP contribution < -0.4 is 0 Å². The van der Waals surface area contributed by atoms with Crippen molar-refractivity contribution in [3.8, 4) is 0 Å². The maximum Gasteiger partial charge on any atom is 0.227 e. The van der Waals surface area contributed by atoms with Crippen molar-refractivity contribution in [2.75, 3.05) is 7.11 Å². The first-order chi connectivity index (χ1) is 5.22. The van der Waals surface area contributed by atoms with Crippen LogP contribution in [0.2, 0.25) is 10.6 Å². The topological polar surface area (TPSA) is 47.9 Å². The largest absolute Gasteiger partial charge is 0.377 e. The molecule has 1 rings (SSSR count). The lowest BCUT2D eigenvalue weighted by Gasteiger charge is -1.97. The SMILES string of the molecule is COCc1nc(Cl)nc(Cl)n1. The normalized spacial score (nSPS) is 10.1. The second kappa shape index (κ2) is 3.80. The van der Waals surface area contributed by atoms with E-state index in [4.69, 9.17) is 27.9 Å². The molecule has 1 aromatic heterocycles. The first-order valence-electron chi connectivity index (χ1n) is 2.77. The van der Waals surface area contributed by atoms with Crippen LogP contribution in [0.5, 0.6) is 0 Å². The zero-order valence-corrected chi connectivity index (χ0v) is 7.22. The van der Waals surface area contributed by atoms with Gasteiger partial charge in [-0.3, -0.25) is 0 Å². The number of ether oxygens (including phenoxy) is 1. The third kappa shape index (κ3) is 2.57. The van der Waals surface area contributed by atoms with Gasteiger partial charge in [-0.05, 0) is 23.2 Å². The van der Waals surface area contributed by atoms with Crippen LogP contribution in [0.25, 0.3) is 0 Å². The maximum atomic E-state index is 5.48. The highest BCUT2D eigenvalue weighted by Gasteiger charge is 2.01. The van der Waals surface area contributed by atoms with E-state index in [1.165, 1.54) is 7.11 Å². The van der Waals surface area contributed by atoms with Crippen LogP contribution in [0.1, 0.15) is 5.82 Å². The molecule has 0 aliphatic carbocycles. The number of hydrogen-bond donors (Lipinski definition) is 0. The Balaban J connectivity index is 2.89. The molecule has 0 radical (unpaired) electrons. The summed E-state index contributed by atoms with van der Waals surface area (Å²) in [5, 5.41) is 0.161. The molecule has 0 unspecified atom stereocenters. The Bertz CT molecular complexity index is 235. The molecule has 0 bridgehead atoms. The van der Waals surface area contributed by atoms with Gasteiger partial charge in [0.15, 0.2) is 5.82 Å². The third-order valence-corrected chi connectivity index (χ3v) is 1.24. The molecule has 0 atom stereocenters. The van der Waals surface area contributed by atoms with Gasteiger partial charge in [0.25, 0.3) is 0 Å². The van der Waals surface area contributed by atoms with Crippen molar-refractivity contribution in [3.05, 3.63) is 16.4 Å².